The van der Waals surface area contributed by atoms with E-state index in [9.17, 15) is 0 Å². The van der Waals surface area contributed by atoms with Crippen LogP contribution in [0.5, 0.6) is 5.88 Å². The van der Waals surface area contributed by atoms with Crippen molar-refractivity contribution in [2.24, 2.45) is 0 Å². The third-order valence-corrected chi connectivity index (χ3v) is 2.21. The Hall–Kier alpha value is -1.13. The fourth-order valence-electron chi connectivity index (χ4n) is 1.41. The molecule has 1 heterocycles. The van der Waals surface area contributed by atoms with Gasteiger partial charge in [0, 0.05) is 37.4 Å². The average Bonchev–Trinajstić information content (AvgIpc) is 2.29. The highest BCUT2D eigenvalue weighted by molar-refractivity contribution is 5.24. The fourth-order valence-corrected chi connectivity index (χ4v) is 1.41. The molecule has 0 aliphatic carbocycles. The molecule has 0 radical (unpaired) electrons. The van der Waals surface area contributed by atoms with E-state index in [1.807, 2.05) is 12.1 Å². The maximum atomic E-state index is 5.17. The lowest BCUT2D eigenvalue weighted by Crippen LogP contribution is -2.31. The van der Waals surface area contributed by atoms with Crippen LogP contribution < -0.4 is 15.4 Å². The topological polar surface area (TPSA) is 46.2 Å². The first-order chi connectivity index (χ1) is 7.74. The van der Waals surface area contributed by atoms with Crippen molar-refractivity contribution in [1.29, 1.82) is 0 Å². The molecule has 0 aliphatic rings. The number of pyridine rings is 1. The van der Waals surface area contributed by atoms with E-state index in [2.05, 4.69) is 29.5 Å². The van der Waals surface area contributed by atoms with E-state index in [-0.39, 0.29) is 0 Å². The number of aromatic nitrogens is 1. The summed E-state index contributed by atoms with van der Waals surface area (Å²) in [6.07, 6.45) is 1.74. The summed E-state index contributed by atoms with van der Waals surface area (Å²) < 4.78 is 5.17. The van der Waals surface area contributed by atoms with E-state index < -0.39 is 0 Å². The zero-order valence-corrected chi connectivity index (χ0v) is 10.3. The summed E-state index contributed by atoms with van der Waals surface area (Å²) >= 11 is 0. The Morgan fingerprint density at radius 1 is 1.38 bits per heavy atom. The summed E-state index contributed by atoms with van der Waals surface area (Å²) in [7, 11) is 1.64. The van der Waals surface area contributed by atoms with Crippen LogP contribution in [0.4, 0.5) is 0 Å². The number of ether oxygens (including phenoxy) is 1. The summed E-state index contributed by atoms with van der Waals surface area (Å²) in [6, 6.07) is 4.48. The molecule has 4 nitrogen and oxygen atoms in total. The molecule has 0 spiro atoms. The zero-order chi connectivity index (χ0) is 11.8. The zero-order valence-electron chi connectivity index (χ0n) is 10.3. The van der Waals surface area contributed by atoms with Crippen molar-refractivity contribution in [2.75, 3.05) is 20.2 Å². The molecule has 0 saturated carbocycles. The molecule has 0 aliphatic heterocycles. The Morgan fingerprint density at radius 3 is 2.88 bits per heavy atom. The largest absolute Gasteiger partial charge is 0.481 e. The second-order valence-corrected chi connectivity index (χ2v) is 3.96. The Bertz CT molecular complexity index is 302. The molecule has 0 saturated heterocycles. The Labute approximate surface area is 97.4 Å². The van der Waals surface area contributed by atoms with E-state index in [1.165, 1.54) is 0 Å². The Kier molecular flexibility index (Phi) is 5.82. The van der Waals surface area contributed by atoms with E-state index in [4.69, 9.17) is 4.74 Å². The molecular weight excluding hydrogens is 202 g/mol. The third kappa shape index (κ3) is 4.59. The lowest BCUT2D eigenvalue weighted by Gasteiger charge is -2.10. The molecule has 1 rings (SSSR count). The van der Waals surface area contributed by atoms with Crippen molar-refractivity contribution in [3.63, 3.8) is 0 Å². The predicted octanol–water partition coefficient (Wildman–Crippen LogP) is 1.18. The minimum atomic E-state index is 0.537. The van der Waals surface area contributed by atoms with E-state index in [1.54, 1.807) is 13.3 Å². The van der Waals surface area contributed by atoms with Gasteiger partial charge in [-0.25, -0.2) is 4.98 Å². The van der Waals surface area contributed by atoms with Gasteiger partial charge >= 0.3 is 0 Å². The van der Waals surface area contributed by atoms with Gasteiger partial charge in [0.15, 0.2) is 0 Å². The van der Waals surface area contributed by atoms with Crippen molar-refractivity contribution in [3.05, 3.63) is 23.9 Å². The molecule has 1 aromatic heterocycles. The number of hydrogen-bond donors (Lipinski definition) is 2. The molecule has 0 atom stereocenters. The SMILES string of the molecule is COc1ncccc1CNCCNC(C)C. The third-order valence-electron chi connectivity index (χ3n) is 2.21. The minimum absolute atomic E-state index is 0.537. The summed E-state index contributed by atoms with van der Waals surface area (Å²) in [4.78, 5) is 4.15. The highest BCUT2D eigenvalue weighted by Gasteiger charge is 2.01. The lowest BCUT2D eigenvalue weighted by molar-refractivity contribution is 0.390. The van der Waals surface area contributed by atoms with Crippen LogP contribution in [0.2, 0.25) is 0 Å². The second-order valence-electron chi connectivity index (χ2n) is 3.96. The molecule has 0 bridgehead atoms. The second kappa shape index (κ2) is 7.19. The summed E-state index contributed by atoms with van der Waals surface area (Å²) in [5, 5.41) is 6.70. The Morgan fingerprint density at radius 2 is 2.19 bits per heavy atom. The standard InChI is InChI=1S/C12H21N3O/c1-10(2)14-8-7-13-9-11-5-4-6-15-12(11)16-3/h4-6,10,13-14H,7-9H2,1-3H3. The van der Waals surface area contributed by atoms with Crippen LogP contribution in [-0.4, -0.2) is 31.2 Å². The minimum Gasteiger partial charge on any atom is -0.481 e. The van der Waals surface area contributed by atoms with E-state index in [0.29, 0.717) is 11.9 Å². The van der Waals surface area contributed by atoms with Crippen molar-refractivity contribution in [1.82, 2.24) is 15.6 Å². The number of hydrogen-bond acceptors (Lipinski definition) is 4. The molecule has 4 heteroatoms. The van der Waals surface area contributed by atoms with Crippen LogP contribution in [0.3, 0.4) is 0 Å². The van der Waals surface area contributed by atoms with Crippen LogP contribution >= 0.6 is 0 Å². The monoisotopic (exact) mass is 223 g/mol. The molecule has 0 amide bonds. The molecule has 0 fully saturated rings. The van der Waals surface area contributed by atoms with Crippen LogP contribution in [0, 0.1) is 0 Å². The van der Waals surface area contributed by atoms with Gasteiger partial charge in [0.2, 0.25) is 5.88 Å². The van der Waals surface area contributed by atoms with Crippen molar-refractivity contribution < 1.29 is 4.74 Å². The van der Waals surface area contributed by atoms with Gasteiger partial charge in [-0.15, -0.1) is 0 Å². The van der Waals surface area contributed by atoms with Crippen LogP contribution in [0.25, 0.3) is 0 Å². The fraction of sp³-hybridized carbons (Fsp3) is 0.583. The number of nitrogens with one attached hydrogen (secondary N) is 2. The normalized spacial score (nSPS) is 10.8. The summed E-state index contributed by atoms with van der Waals surface area (Å²) in [5.41, 5.74) is 1.09. The van der Waals surface area contributed by atoms with Gasteiger partial charge in [-0.2, -0.15) is 0 Å². The molecule has 0 unspecified atom stereocenters. The number of nitrogens with zero attached hydrogens (tertiary/aromatic N) is 1. The maximum Gasteiger partial charge on any atom is 0.217 e. The highest BCUT2D eigenvalue weighted by Crippen LogP contribution is 2.12. The number of rotatable bonds is 7. The first-order valence-electron chi connectivity index (χ1n) is 5.66. The smallest absolute Gasteiger partial charge is 0.217 e. The molecule has 16 heavy (non-hydrogen) atoms. The molecular formula is C12H21N3O. The lowest BCUT2D eigenvalue weighted by atomic mass is 10.2. The van der Waals surface area contributed by atoms with Crippen LogP contribution in [-0.2, 0) is 6.54 Å². The van der Waals surface area contributed by atoms with Crippen LogP contribution in [0.1, 0.15) is 19.4 Å². The highest BCUT2D eigenvalue weighted by atomic mass is 16.5. The van der Waals surface area contributed by atoms with Gasteiger partial charge in [-0.3, -0.25) is 0 Å². The van der Waals surface area contributed by atoms with Gasteiger partial charge < -0.3 is 15.4 Å². The number of methoxy groups -OCH3 is 1. The van der Waals surface area contributed by atoms with E-state index >= 15 is 0 Å². The molecule has 90 valence electrons. The van der Waals surface area contributed by atoms with Gasteiger partial charge in [-0.05, 0) is 6.07 Å². The van der Waals surface area contributed by atoms with E-state index in [0.717, 1.165) is 25.2 Å². The first kappa shape index (κ1) is 12.9. The average molecular weight is 223 g/mol. The van der Waals surface area contributed by atoms with Crippen molar-refractivity contribution >= 4 is 0 Å². The van der Waals surface area contributed by atoms with Crippen molar-refractivity contribution in [3.8, 4) is 5.88 Å². The van der Waals surface area contributed by atoms with Gasteiger partial charge in [0.25, 0.3) is 0 Å². The molecule has 2 N–H and O–H groups in total. The molecule has 0 aromatic carbocycles. The Balaban J connectivity index is 2.26. The van der Waals surface area contributed by atoms with Gasteiger partial charge in [0.05, 0.1) is 7.11 Å². The van der Waals surface area contributed by atoms with Gasteiger partial charge in [0.1, 0.15) is 0 Å². The summed E-state index contributed by atoms with van der Waals surface area (Å²) in [6.45, 7) is 6.99. The van der Waals surface area contributed by atoms with Crippen LogP contribution in [0.15, 0.2) is 18.3 Å². The molecule has 1 aromatic rings. The first-order valence-corrected chi connectivity index (χ1v) is 5.66. The predicted molar refractivity (Wildman–Crippen MR) is 65.6 cm³/mol. The van der Waals surface area contributed by atoms with Gasteiger partial charge in [-0.1, -0.05) is 19.9 Å². The van der Waals surface area contributed by atoms with Crippen molar-refractivity contribution in [2.45, 2.75) is 26.4 Å². The summed E-state index contributed by atoms with van der Waals surface area (Å²) in [5.74, 6) is 0.701. The maximum absolute atomic E-state index is 5.17. The quantitative estimate of drug-likeness (QED) is 0.681.